The summed E-state index contributed by atoms with van der Waals surface area (Å²) >= 11 is 1.36. The minimum Gasteiger partial charge on any atom is -0.318 e. The molecule has 1 amide bonds. The van der Waals surface area contributed by atoms with E-state index in [0.717, 1.165) is 17.0 Å². The number of carbonyl (C=O) groups excluding carboxylic acids is 1. The van der Waals surface area contributed by atoms with E-state index >= 15 is 0 Å². The van der Waals surface area contributed by atoms with Crippen molar-refractivity contribution < 1.29 is 9.18 Å². The average Bonchev–Trinajstić information content (AvgIpc) is 2.81. The van der Waals surface area contributed by atoms with E-state index in [1.54, 1.807) is 19.1 Å². The van der Waals surface area contributed by atoms with Crippen molar-refractivity contribution in [3.63, 3.8) is 0 Å². The molecule has 0 aliphatic heterocycles. The Morgan fingerprint density at radius 3 is 2.78 bits per heavy atom. The molecule has 0 saturated carbocycles. The van der Waals surface area contributed by atoms with Crippen LogP contribution in [0.5, 0.6) is 0 Å². The second kappa shape index (κ2) is 7.19. The molecule has 23 heavy (non-hydrogen) atoms. The predicted octanol–water partition coefficient (Wildman–Crippen LogP) is 3.64. The molecule has 1 atom stereocenters. The number of aromatic nitrogens is 1. The van der Waals surface area contributed by atoms with Gasteiger partial charge in [0.2, 0.25) is 5.91 Å². The molecule has 3 N–H and O–H groups in total. The van der Waals surface area contributed by atoms with Crippen LogP contribution in [0.15, 0.2) is 24.3 Å². The van der Waals surface area contributed by atoms with Gasteiger partial charge >= 0.3 is 0 Å². The lowest BCUT2D eigenvalue weighted by molar-refractivity contribution is -0.120. The van der Waals surface area contributed by atoms with Gasteiger partial charge in [-0.1, -0.05) is 31.5 Å². The fourth-order valence-corrected chi connectivity index (χ4v) is 3.31. The maximum absolute atomic E-state index is 13.8. The zero-order chi connectivity index (χ0) is 17.0. The molecule has 0 aliphatic carbocycles. The van der Waals surface area contributed by atoms with E-state index in [1.165, 1.54) is 17.4 Å². The van der Waals surface area contributed by atoms with Crippen molar-refractivity contribution in [1.82, 2.24) is 4.98 Å². The molecule has 1 aromatic heterocycles. The van der Waals surface area contributed by atoms with Gasteiger partial charge in [0, 0.05) is 11.3 Å². The van der Waals surface area contributed by atoms with Crippen molar-refractivity contribution in [2.45, 2.75) is 45.6 Å². The van der Waals surface area contributed by atoms with E-state index in [9.17, 15) is 9.18 Å². The van der Waals surface area contributed by atoms with Crippen molar-refractivity contribution in [2.75, 3.05) is 5.32 Å². The van der Waals surface area contributed by atoms with Gasteiger partial charge < -0.3 is 11.1 Å². The van der Waals surface area contributed by atoms with Gasteiger partial charge in [0.25, 0.3) is 0 Å². The number of benzene rings is 1. The van der Waals surface area contributed by atoms with Crippen LogP contribution in [0.2, 0.25) is 0 Å². The summed E-state index contributed by atoms with van der Waals surface area (Å²) in [6.45, 7) is 5.56. The fraction of sp³-hybridized carbons (Fsp3) is 0.412. The van der Waals surface area contributed by atoms with Gasteiger partial charge in [-0.2, -0.15) is 0 Å². The molecule has 2 rings (SSSR count). The Hall–Kier alpha value is -1.79. The van der Waals surface area contributed by atoms with Crippen LogP contribution in [-0.4, -0.2) is 16.4 Å². The van der Waals surface area contributed by atoms with Crippen molar-refractivity contribution in [2.24, 2.45) is 5.73 Å². The average molecular weight is 335 g/mol. The number of anilines is 1. The van der Waals surface area contributed by atoms with Crippen LogP contribution in [0, 0.1) is 12.7 Å². The molecule has 1 heterocycles. The Morgan fingerprint density at radius 2 is 2.13 bits per heavy atom. The van der Waals surface area contributed by atoms with E-state index in [2.05, 4.69) is 10.3 Å². The van der Waals surface area contributed by atoms with Crippen molar-refractivity contribution in [1.29, 1.82) is 0 Å². The Balaban J connectivity index is 2.12. The number of amides is 1. The monoisotopic (exact) mass is 335 g/mol. The normalized spacial score (nSPS) is 13.6. The Morgan fingerprint density at radius 1 is 1.43 bits per heavy atom. The van der Waals surface area contributed by atoms with Crippen molar-refractivity contribution in [3.05, 3.63) is 46.2 Å². The molecule has 124 valence electrons. The number of nitrogens with zero attached hydrogens (tertiary/aromatic N) is 1. The first kappa shape index (κ1) is 17.6. The molecular formula is C17H22FN3OS. The van der Waals surface area contributed by atoms with Crippen molar-refractivity contribution in [3.8, 4) is 0 Å². The molecule has 0 radical (unpaired) electrons. The Kier molecular flexibility index (Phi) is 5.49. The van der Waals surface area contributed by atoms with Gasteiger partial charge in [0.15, 0.2) is 5.13 Å². The van der Waals surface area contributed by atoms with E-state index in [1.807, 2.05) is 19.9 Å². The minimum absolute atomic E-state index is 0.233. The number of aryl methyl sites for hydroxylation is 1. The molecule has 1 aromatic carbocycles. The van der Waals surface area contributed by atoms with Gasteiger partial charge in [0.1, 0.15) is 5.82 Å². The highest BCUT2D eigenvalue weighted by Crippen LogP contribution is 2.26. The number of nitrogens with two attached hydrogens (primary N) is 1. The number of thiazole rings is 1. The summed E-state index contributed by atoms with van der Waals surface area (Å²) in [6.07, 6.45) is 1.89. The van der Waals surface area contributed by atoms with Crippen LogP contribution < -0.4 is 11.1 Å². The lowest BCUT2D eigenvalue weighted by Crippen LogP contribution is -2.48. The number of hydrogen-bond donors (Lipinski definition) is 2. The minimum atomic E-state index is -0.917. The van der Waals surface area contributed by atoms with Gasteiger partial charge in [0.05, 0.1) is 11.2 Å². The number of rotatable bonds is 6. The molecule has 1 unspecified atom stereocenters. The molecule has 6 heteroatoms. The molecule has 0 saturated heterocycles. The highest BCUT2D eigenvalue weighted by Gasteiger charge is 2.28. The Labute approximate surface area is 139 Å². The maximum Gasteiger partial charge on any atom is 0.245 e. The number of hydrogen-bond acceptors (Lipinski definition) is 4. The number of halogens is 1. The summed E-state index contributed by atoms with van der Waals surface area (Å²) < 4.78 is 13.8. The highest BCUT2D eigenvalue weighted by molar-refractivity contribution is 7.15. The fourth-order valence-electron chi connectivity index (χ4n) is 2.33. The van der Waals surface area contributed by atoms with Gasteiger partial charge in [-0.3, -0.25) is 4.79 Å². The van der Waals surface area contributed by atoms with Crippen LogP contribution >= 0.6 is 11.3 Å². The zero-order valence-electron chi connectivity index (χ0n) is 13.6. The number of carbonyl (C=O) groups is 1. The molecule has 0 aliphatic rings. The Bertz CT molecular complexity index is 697. The second-order valence-electron chi connectivity index (χ2n) is 5.92. The van der Waals surface area contributed by atoms with Crippen LogP contribution in [0.25, 0.3) is 0 Å². The standard InChI is InChI=1S/C17H22FN3OS/c1-4-9-17(3,19)15(22)21-16-20-11(2)14(23-16)10-12-7-5-6-8-13(12)18/h5-8H,4,9-10,19H2,1-3H3,(H,20,21,22). The first-order chi connectivity index (χ1) is 10.8. The van der Waals surface area contributed by atoms with E-state index in [0.29, 0.717) is 23.5 Å². The third kappa shape index (κ3) is 4.36. The maximum atomic E-state index is 13.8. The topological polar surface area (TPSA) is 68.0 Å². The first-order valence-electron chi connectivity index (χ1n) is 7.63. The first-order valence-corrected chi connectivity index (χ1v) is 8.45. The third-order valence-corrected chi connectivity index (χ3v) is 4.78. The molecule has 2 aromatic rings. The second-order valence-corrected chi connectivity index (χ2v) is 7.00. The van der Waals surface area contributed by atoms with E-state index in [4.69, 9.17) is 5.73 Å². The number of nitrogens with one attached hydrogen (secondary N) is 1. The van der Waals surface area contributed by atoms with Crippen LogP contribution in [-0.2, 0) is 11.2 Å². The largest absolute Gasteiger partial charge is 0.318 e. The summed E-state index contributed by atoms with van der Waals surface area (Å²) in [5.41, 5.74) is 6.52. The summed E-state index contributed by atoms with van der Waals surface area (Å²) in [7, 11) is 0. The lowest BCUT2D eigenvalue weighted by atomic mass is 9.97. The summed E-state index contributed by atoms with van der Waals surface area (Å²) in [5, 5.41) is 3.28. The third-order valence-electron chi connectivity index (χ3n) is 3.71. The lowest BCUT2D eigenvalue weighted by Gasteiger charge is -2.21. The van der Waals surface area contributed by atoms with E-state index < -0.39 is 5.54 Å². The van der Waals surface area contributed by atoms with Crippen LogP contribution in [0.1, 0.15) is 42.8 Å². The summed E-state index contributed by atoms with van der Waals surface area (Å²) in [4.78, 5) is 17.5. The zero-order valence-corrected chi connectivity index (χ0v) is 14.5. The van der Waals surface area contributed by atoms with E-state index in [-0.39, 0.29) is 11.7 Å². The summed E-state index contributed by atoms with van der Waals surface area (Å²) in [6, 6.07) is 6.67. The molecular weight excluding hydrogens is 313 g/mol. The summed E-state index contributed by atoms with van der Waals surface area (Å²) in [5.74, 6) is -0.478. The van der Waals surface area contributed by atoms with Crippen molar-refractivity contribution >= 4 is 22.4 Å². The SMILES string of the molecule is CCCC(C)(N)C(=O)Nc1nc(C)c(Cc2ccccc2F)s1. The quantitative estimate of drug-likeness (QED) is 0.847. The molecule has 0 spiro atoms. The highest BCUT2D eigenvalue weighted by atomic mass is 32.1. The smallest absolute Gasteiger partial charge is 0.245 e. The van der Waals surface area contributed by atoms with Gasteiger partial charge in [-0.15, -0.1) is 11.3 Å². The predicted molar refractivity (Wildman–Crippen MR) is 92.2 cm³/mol. The van der Waals surface area contributed by atoms with Crippen LogP contribution in [0.3, 0.4) is 0 Å². The molecule has 4 nitrogen and oxygen atoms in total. The van der Waals surface area contributed by atoms with Gasteiger partial charge in [-0.25, -0.2) is 9.37 Å². The molecule has 0 fully saturated rings. The van der Waals surface area contributed by atoms with Crippen LogP contribution in [0.4, 0.5) is 9.52 Å². The molecule has 0 bridgehead atoms. The van der Waals surface area contributed by atoms with Gasteiger partial charge in [-0.05, 0) is 31.9 Å².